The molecule has 0 atom stereocenters. The van der Waals surface area contributed by atoms with Crippen molar-refractivity contribution in [3.05, 3.63) is 23.9 Å². The highest BCUT2D eigenvalue weighted by atomic mass is 19.4. The number of aromatic nitrogens is 1. The van der Waals surface area contributed by atoms with E-state index < -0.39 is 11.7 Å². The quantitative estimate of drug-likeness (QED) is 0.920. The third-order valence-corrected chi connectivity index (χ3v) is 3.57. The smallest absolute Gasteiger partial charge is 0.367 e. The Morgan fingerprint density at radius 1 is 1.30 bits per heavy atom. The van der Waals surface area contributed by atoms with Gasteiger partial charge in [-0.2, -0.15) is 13.2 Å². The van der Waals surface area contributed by atoms with Gasteiger partial charge in [0.15, 0.2) is 0 Å². The van der Waals surface area contributed by atoms with Gasteiger partial charge in [0, 0.05) is 25.3 Å². The van der Waals surface area contributed by atoms with Crippen molar-refractivity contribution < 1.29 is 13.2 Å². The topological polar surface area (TPSA) is 28.2 Å². The van der Waals surface area contributed by atoms with Crippen molar-refractivity contribution >= 4 is 5.82 Å². The minimum absolute atomic E-state index is 0.298. The number of anilines is 1. The Bertz CT molecular complexity index is 409. The van der Waals surface area contributed by atoms with Crippen LogP contribution in [0.1, 0.15) is 31.7 Å². The van der Waals surface area contributed by atoms with E-state index in [1.54, 1.807) is 0 Å². The monoisotopic (exact) mass is 287 g/mol. The molecule has 112 valence electrons. The summed E-state index contributed by atoms with van der Waals surface area (Å²) in [6.45, 7) is 5.35. The maximum absolute atomic E-state index is 12.4. The minimum atomic E-state index is -4.32. The predicted molar refractivity (Wildman–Crippen MR) is 72.6 cm³/mol. The van der Waals surface area contributed by atoms with Gasteiger partial charge < -0.3 is 10.2 Å². The molecule has 0 aliphatic carbocycles. The number of rotatable bonds is 4. The van der Waals surface area contributed by atoms with E-state index in [0.29, 0.717) is 11.9 Å². The average Bonchev–Trinajstić information content (AvgIpc) is 2.41. The summed E-state index contributed by atoms with van der Waals surface area (Å²) in [5, 5.41) is 3.22. The number of halogens is 3. The zero-order valence-electron chi connectivity index (χ0n) is 11.6. The Morgan fingerprint density at radius 2 is 2.00 bits per heavy atom. The molecule has 1 N–H and O–H groups in total. The second-order valence-electron chi connectivity index (χ2n) is 5.19. The van der Waals surface area contributed by atoms with Crippen molar-refractivity contribution in [1.29, 1.82) is 0 Å². The summed E-state index contributed by atoms with van der Waals surface area (Å²) in [6.07, 6.45) is -0.282. The lowest BCUT2D eigenvalue weighted by Crippen LogP contribution is -2.39. The van der Waals surface area contributed by atoms with Crippen LogP contribution in [-0.4, -0.2) is 35.6 Å². The SMILES string of the molecule is CCCN1CCC(Nc2ccc(C(F)(F)F)cn2)CC1. The number of pyridine rings is 1. The number of nitrogens with zero attached hydrogens (tertiary/aromatic N) is 2. The Hall–Kier alpha value is -1.30. The number of nitrogens with one attached hydrogen (secondary N) is 1. The molecule has 0 bridgehead atoms. The first-order valence-corrected chi connectivity index (χ1v) is 7.01. The molecule has 1 saturated heterocycles. The van der Waals surface area contributed by atoms with Crippen molar-refractivity contribution in [3.8, 4) is 0 Å². The maximum Gasteiger partial charge on any atom is 0.417 e. The zero-order chi connectivity index (χ0) is 14.6. The second-order valence-corrected chi connectivity index (χ2v) is 5.19. The van der Waals surface area contributed by atoms with Crippen LogP contribution in [0.3, 0.4) is 0 Å². The van der Waals surface area contributed by atoms with E-state index in [1.807, 2.05) is 0 Å². The zero-order valence-corrected chi connectivity index (χ0v) is 11.6. The molecule has 0 saturated carbocycles. The first kappa shape index (κ1) is 15.1. The summed E-state index contributed by atoms with van der Waals surface area (Å²) in [5.74, 6) is 0.520. The molecule has 1 fully saturated rings. The Balaban J connectivity index is 1.85. The minimum Gasteiger partial charge on any atom is -0.367 e. The van der Waals surface area contributed by atoms with Crippen molar-refractivity contribution in [1.82, 2.24) is 9.88 Å². The molecule has 1 aliphatic rings. The normalized spacial score (nSPS) is 18.2. The largest absolute Gasteiger partial charge is 0.417 e. The lowest BCUT2D eigenvalue weighted by molar-refractivity contribution is -0.137. The molecule has 0 aromatic carbocycles. The van der Waals surface area contributed by atoms with Crippen molar-refractivity contribution in [2.45, 2.75) is 38.4 Å². The van der Waals surface area contributed by atoms with Gasteiger partial charge in [-0.05, 0) is 37.9 Å². The fourth-order valence-corrected chi connectivity index (χ4v) is 2.47. The van der Waals surface area contributed by atoms with Crippen molar-refractivity contribution in [2.24, 2.45) is 0 Å². The average molecular weight is 287 g/mol. The van der Waals surface area contributed by atoms with Crippen LogP contribution in [0.4, 0.5) is 19.0 Å². The van der Waals surface area contributed by atoms with Gasteiger partial charge in [-0.3, -0.25) is 0 Å². The van der Waals surface area contributed by atoms with Gasteiger partial charge in [0.2, 0.25) is 0 Å². The summed E-state index contributed by atoms with van der Waals surface area (Å²) in [4.78, 5) is 6.26. The highest BCUT2D eigenvalue weighted by Crippen LogP contribution is 2.29. The van der Waals surface area contributed by atoms with Gasteiger partial charge in [-0.25, -0.2) is 4.98 Å². The molecule has 1 aromatic rings. The number of piperidine rings is 1. The summed E-state index contributed by atoms with van der Waals surface area (Å²) < 4.78 is 37.3. The molecule has 0 spiro atoms. The molecular formula is C14H20F3N3. The molecule has 2 heterocycles. The molecule has 6 heteroatoms. The van der Waals surface area contributed by atoms with E-state index in [1.165, 1.54) is 6.07 Å². The Kier molecular flexibility index (Phi) is 4.86. The van der Waals surface area contributed by atoms with E-state index in [2.05, 4.69) is 22.1 Å². The van der Waals surface area contributed by atoms with E-state index >= 15 is 0 Å². The summed E-state index contributed by atoms with van der Waals surface area (Å²) >= 11 is 0. The molecule has 0 radical (unpaired) electrons. The van der Waals surface area contributed by atoms with Gasteiger partial charge in [0.1, 0.15) is 5.82 Å². The second kappa shape index (κ2) is 6.43. The van der Waals surface area contributed by atoms with Crippen LogP contribution in [0.5, 0.6) is 0 Å². The number of likely N-dealkylation sites (tertiary alicyclic amines) is 1. The molecule has 1 aliphatic heterocycles. The van der Waals surface area contributed by atoms with Crippen LogP contribution in [0.15, 0.2) is 18.3 Å². The Labute approximate surface area is 117 Å². The van der Waals surface area contributed by atoms with Crippen molar-refractivity contribution in [2.75, 3.05) is 25.0 Å². The maximum atomic E-state index is 12.4. The number of alkyl halides is 3. The highest BCUT2D eigenvalue weighted by Gasteiger charge is 2.30. The molecular weight excluding hydrogens is 267 g/mol. The molecule has 0 unspecified atom stereocenters. The number of hydrogen-bond acceptors (Lipinski definition) is 3. The van der Waals surface area contributed by atoms with Crippen LogP contribution >= 0.6 is 0 Å². The Morgan fingerprint density at radius 3 is 2.50 bits per heavy atom. The van der Waals surface area contributed by atoms with E-state index in [9.17, 15) is 13.2 Å². The van der Waals surface area contributed by atoms with Gasteiger partial charge in [-0.15, -0.1) is 0 Å². The van der Waals surface area contributed by atoms with Gasteiger partial charge in [0.25, 0.3) is 0 Å². The first-order chi connectivity index (χ1) is 9.49. The third-order valence-electron chi connectivity index (χ3n) is 3.57. The summed E-state index contributed by atoms with van der Waals surface area (Å²) in [6, 6.07) is 2.77. The highest BCUT2D eigenvalue weighted by molar-refractivity contribution is 5.37. The molecule has 1 aromatic heterocycles. The predicted octanol–water partition coefficient (Wildman–Crippen LogP) is 3.39. The van der Waals surface area contributed by atoms with Crippen LogP contribution in [0, 0.1) is 0 Å². The van der Waals surface area contributed by atoms with Gasteiger partial charge >= 0.3 is 6.18 Å². The van der Waals surface area contributed by atoms with Crippen LogP contribution < -0.4 is 5.32 Å². The van der Waals surface area contributed by atoms with E-state index in [0.717, 1.165) is 51.2 Å². The summed E-state index contributed by atoms with van der Waals surface area (Å²) in [5.41, 5.74) is -0.708. The standard InChI is InChI=1S/C14H20F3N3/c1-2-7-20-8-5-12(6-9-20)19-13-4-3-11(10-18-13)14(15,16)17/h3-4,10,12H,2,5-9H2,1H3,(H,18,19). The molecule has 3 nitrogen and oxygen atoms in total. The van der Waals surface area contributed by atoms with E-state index in [-0.39, 0.29) is 0 Å². The molecule has 2 rings (SSSR count). The van der Waals surface area contributed by atoms with Crippen LogP contribution in [0.25, 0.3) is 0 Å². The fourth-order valence-electron chi connectivity index (χ4n) is 2.47. The van der Waals surface area contributed by atoms with Crippen LogP contribution in [0.2, 0.25) is 0 Å². The van der Waals surface area contributed by atoms with E-state index in [4.69, 9.17) is 0 Å². The summed E-state index contributed by atoms with van der Waals surface area (Å²) in [7, 11) is 0. The lowest BCUT2D eigenvalue weighted by atomic mass is 10.0. The van der Waals surface area contributed by atoms with Crippen LogP contribution in [-0.2, 0) is 6.18 Å². The first-order valence-electron chi connectivity index (χ1n) is 7.01. The molecule has 20 heavy (non-hydrogen) atoms. The number of hydrogen-bond donors (Lipinski definition) is 1. The van der Waals surface area contributed by atoms with Crippen molar-refractivity contribution in [3.63, 3.8) is 0 Å². The fraction of sp³-hybridized carbons (Fsp3) is 0.643. The van der Waals surface area contributed by atoms with Gasteiger partial charge in [0.05, 0.1) is 5.56 Å². The van der Waals surface area contributed by atoms with Gasteiger partial charge in [-0.1, -0.05) is 6.92 Å². The lowest BCUT2D eigenvalue weighted by Gasteiger charge is -2.32. The molecule has 0 amide bonds. The third kappa shape index (κ3) is 4.10.